The number of hydrogen-bond acceptors (Lipinski definition) is 5. The molecule has 0 radical (unpaired) electrons. The first kappa shape index (κ1) is 21.2. The third-order valence-electron chi connectivity index (χ3n) is 5.09. The van der Waals surface area contributed by atoms with Gasteiger partial charge in [-0.1, -0.05) is 12.1 Å². The molecular formula is C22H18FN3O3S2. The highest BCUT2D eigenvalue weighted by atomic mass is 32.2. The van der Waals surface area contributed by atoms with Crippen LogP contribution in [0.1, 0.15) is 15.2 Å². The van der Waals surface area contributed by atoms with Crippen LogP contribution in [0.4, 0.5) is 4.39 Å². The van der Waals surface area contributed by atoms with E-state index in [-0.39, 0.29) is 42.8 Å². The number of thiophene rings is 1. The molecule has 4 rings (SSSR count). The van der Waals surface area contributed by atoms with Gasteiger partial charge in [-0.25, -0.2) is 12.8 Å². The summed E-state index contributed by atoms with van der Waals surface area (Å²) in [6.45, 7) is 0.977. The number of piperazine rings is 1. The molecule has 2 heterocycles. The van der Waals surface area contributed by atoms with Gasteiger partial charge in [0.1, 0.15) is 5.82 Å². The Bertz CT molecular complexity index is 1240. The molecule has 0 aliphatic carbocycles. The van der Waals surface area contributed by atoms with E-state index in [1.54, 1.807) is 23.1 Å². The van der Waals surface area contributed by atoms with Gasteiger partial charge in [0.25, 0.3) is 5.91 Å². The average Bonchev–Trinajstić information content (AvgIpc) is 3.29. The zero-order valence-corrected chi connectivity index (χ0v) is 18.0. The lowest BCUT2D eigenvalue weighted by molar-refractivity contribution is 0.0703. The number of nitrogens with zero attached hydrogens (tertiary/aromatic N) is 3. The van der Waals surface area contributed by atoms with Crippen LogP contribution in [0.2, 0.25) is 0 Å². The maximum Gasteiger partial charge on any atom is 0.264 e. The number of nitriles is 1. The number of carbonyl (C=O) groups is 1. The first-order chi connectivity index (χ1) is 14.9. The van der Waals surface area contributed by atoms with Crippen molar-refractivity contribution in [3.05, 3.63) is 76.9 Å². The van der Waals surface area contributed by atoms with Gasteiger partial charge < -0.3 is 4.90 Å². The van der Waals surface area contributed by atoms with Crippen molar-refractivity contribution in [1.29, 1.82) is 5.26 Å². The van der Waals surface area contributed by atoms with E-state index in [0.29, 0.717) is 10.4 Å². The fraction of sp³-hybridized carbons (Fsp3) is 0.182. The van der Waals surface area contributed by atoms with Crippen LogP contribution in [-0.4, -0.2) is 49.7 Å². The lowest BCUT2D eigenvalue weighted by Crippen LogP contribution is -2.50. The van der Waals surface area contributed by atoms with Crippen molar-refractivity contribution in [3.8, 4) is 16.5 Å². The highest BCUT2D eigenvalue weighted by Crippen LogP contribution is 2.29. The second kappa shape index (κ2) is 8.59. The molecule has 2 aromatic carbocycles. The third-order valence-corrected chi connectivity index (χ3v) is 8.13. The third kappa shape index (κ3) is 4.37. The number of rotatable bonds is 4. The lowest BCUT2D eigenvalue weighted by Gasteiger charge is -2.33. The van der Waals surface area contributed by atoms with Crippen LogP contribution < -0.4 is 0 Å². The van der Waals surface area contributed by atoms with Gasteiger partial charge >= 0.3 is 0 Å². The molecule has 1 amide bonds. The van der Waals surface area contributed by atoms with Crippen LogP contribution in [0, 0.1) is 17.1 Å². The van der Waals surface area contributed by atoms with Crippen molar-refractivity contribution in [2.75, 3.05) is 26.2 Å². The van der Waals surface area contributed by atoms with Crippen molar-refractivity contribution < 1.29 is 17.6 Å². The molecule has 1 fully saturated rings. The van der Waals surface area contributed by atoms with Crippen LogP contribution in [0.5, 0.6) is 0 Å². The highest BCUT2D eigenvalue weighted by Gasteiger charge is 2.30. The van der Waals surface area contributed by atoms with E-state index in [1.165, 1.54) is 52.0 Å². The monoisotopic (exact) mass is 455 g/mol. The summed E-state index contributed by atoms with van der Waals surface area (Å²) in [5, 5.41) is 8.87. The van der Waals surface area contributed by atoms with Crippen LogP contribution in [-0.2, 0) is 10.0 Å². The molecule has 1 saturated heterocycles. The number of halogens is 1. The normalized spacial score (nSPS) is 14.9. The van der Waals surface area contributed by atoms with Crippen molar-refractivity contribution in [1.82, 2.24) is 9.21 Å². The van der Waals surface area contributed by atoms with Crippen molar-refractivity contribution in [2.45, 2.75) is 4.90 Å². The molecule has 6 nitrogen and oxygen atoms in total. The van der Waals surface area contributed by atoms with E-state index >= 15 is 0 Å². The Kier molecular flexibility index (Phi) is 5.87. The Labute approximate surface area is 183 Å². The summed E-state index contributed by atoms with van der Waals surface area (Å²) in [6, 6.07) is 17.4. The second-order valence-corrected chi connectivity index (χ2v) is 10.0. The Morgan fingerprint density at radius 2 is 1.58 bits per heavy atom. The van der Waals surface area contributed by atoms with Gasteiger partial charge in [0.05, 0.1) is 21.4 Å². The number of carbonyl (C=O) groups excluding carboxylic acids is 1. The molecule has 0 unspecified atom stereocenters. The SMILES string of the molecule is N#Cc1ccc(S(=O)(=O)N2CCN(C(=O)c3ccc(-c4ccc(F)cc4)s3)CC2)cc1. The van der Waals surface area contributed by atoms with Crippen molar-refractivity contribution in [2.24, 2.45) is 0 Å². The largest absolute Gasteiger partial charge is 0.335 e. The summed E-state index contributed by atoms with van der Waals surface area (Å²) in [7, 11) is -3.68. The van der Waals surface area contributed by atoms with Crippen molar-refractivity contribution in [3.63, 3.8) is 0 Å². The molecule has 9 heteroatoms. The predicted molar refractivity (Wildman–Crippen MR) is 116 cm³/mol. The Morgan fingerprint density at radius 1 is 0.935 bits per heavy atom. The zero-order valence-electron chi connectivity index (χ0n) is 16.4. The highest BCUT2D eigenvalue weighted by molar-refractivity contribution is 7.89. The fourth-order valence-corrected chi connectivity index (χ4v) is 5.76. The number of hydrogen-bond donors (Lipinski definition) is 0. The summed E-state index contributed by atoms with van der Waals surface area (Å²) in [5.41, 5.74) is 1.23. The van der Waals surface area contributed by atoms with Crippen molar-refractivity contribution >= 4 is 27.3 Å². The Morgan fingerprint density at radius 3 is 2.19 bits per heavy atom. The molecule has 0 saturated carbocycles. The lowest BCUT2D eigenvalue weighted by atomic mass is 10.2. The smallest absolute Gasteiger partial charge is 0.264 e. The molecule has 31 heavy (non-hydrogen) atoms. The summed E-state index contributed by atoms with van der Waals surface area (Å²) < 4.78 is 40.1. The van der Waals surface area contributed by atoms with E-state index in [1.807, 2.05) is 12.1 Å². The maximum atomic E-state index is 13.1. The zero-order chi connectivity index (χ0) is 22.0. The van der Waals surface area contributed by atoms with Gasteiger partial charge in [-0.2, -0.15) is 9.57 Å². The summed E-state index contributed by atoms with van der Waals surface area (Å²) in [6.07, 6.45) is 0. The van der Waals surface area contributed by atoms with Gasteiger partial charge in [0.15, 0.2) is 0 Å². The molecule has 0 bridgehead atoms. The van der Waals surface area contributed by atoms with Gasteiger partial charge in [0.2, 0.25) is 10.0 Å². The Hall–Kier alpha value is -3.06. The van der Waals surface area contributed by atoms with E-state index in [9.17, 15) is 17.6 Å². The van der Waals surface area contributed by atoms with Gasteiger partial charge in [0, 0.05) is 31.1 Å². The summed E-state index contributed by atoms with van der Waals surface area (Å²) in [5.74, 6) is -0.459. The molecule has 1 aliphatic heterocycles. The average molecular weight is 456 g/mol. The van der Waals surface area contributed by atoms with E-state index in [4.69, 9.17) is 5.26 Å². The van der Waals surface area contributed by atoms with Gasteiger partial charge in [-0.05, 0) is 54.1 Å². The molecule has 1 aliphatic rings. The number of amides is 1. The molecule has 0 N–H and O–H groups in total. The number of sulfonamides is 1. The Balaban J connectivity index is 1.42. The van der Waals surface area contributed by atoms with Crippen LogP contribution >= 0.6 is 11.3 Å². The van der Waals surface area contributed by atoms with Crippen LogP contribution in [0.3, 0.4) is 0 Å². The summed E-state index contributed by atoms with van der Waals surface area (Å²) in [4.78, 5) is 16.1. The predicted octanol–water partition coefficient (Wildman–Crippen LogP) is 3.57. The minimum Gasteiger partial charge on any atom is -0.335 e. The fourth-order valence-electron chi connectivity index (χ4n) is 3.36. The van der Waals surface area contributed by atoms with E-state index < -0.39 is 10.0 Å². The molecule has 0 spiro atoms. The first-order valence-electron chi connectivity index (χ1n) is 9.54. The van der Waals surface area contributed by atoms with E-state index in [2.05, 4.69) is 0 Å². The minimum atomic E-state index is -3.68. The topological polar surface area (TPSA) is 81.5 Å². The van der Waals surface area contributed by atoms with Gasteiger partial charge in [-0.3, -0.25) is 4.79 Å². The number of benzene rings is 2. The molecule has 0 atom stereocenters. The summed E-state index contributed by atoms with van der Waals surface area (Å²) >= 11 is 1.33. The maximum absolute atomic E-state index is 13.1. The minimum absolute atomic E-state index is 0.133. The second-order valence-electron chi connectivity index (χ2n) is 7.00. The molecule has 1 aromatic heterocycles. The molecule has 3 aromatic rings. The van der Waals surface area contributed by atoms with Gasteiger partial charge in [-0.15, -0.1) is 11.3 Å². The van der Waals surface area contributed by atoms with E-state index in [0.717, 1.165) is 10.4 Å². The van der Waals surface area contributed by atoms with Crippen LogP contribution in [0.25, 0.3) is 10.4 Å². The molecule has 158 valence electrons. The first-order valence-corrected chi connectivity index (χ1v) is 11.8. The quantitative estimate of drug-likeness (QED) is 0.602. The standard InChI is InChI=1S/C22H18FN3O3S2/c23-18-5-3-17(4-6-18)20-9-10-21(30-20)22(27)25-11-13-26(14-12-25)31(28,29)19-7-1-16(15-24)2-8-19/h1-10H,11-14H2. The van der Waals surface area contributed by atoms with Crippen LogP contribution in [0.15, 0.2) is 65.6 Å². The molecular weight excluding hydrogens is 437 g/mol.